The average molecular weight is 501 g/mol. The molecule has 0 amide bonds. The molecule has 0 bridgehead atoms. The molecule has 0 N–H and O–H groups in total. The smallest absolute Gasteiger partial charge is 0.0162 e. The maximum Gasteiger partial charge on any atom is -0.0162 e. The lowest BCUT2D eigenvalue weighted by atomic mass is 9.68. The number of benzene rings is 2. The Morgan fingerprint density at radius 1 is 0.568 bits per heavy atom. The van der Waals surface area contributed by atoms with Gasteiger partial charge in [0.05, 0.1) is 0 Å². The van der Waals surface area contributed by atoms with Crippen molar-refractivity contribution < 1.29 is 0 Å². The lowest BCUT2D eigenvalue weighted by Crippen LogP contribution is -2.23. The van der Waals surface area contributed by atoms with Gasteiger partial charge in [-0.05, 0) is 103 Å². The number of hydrogen-bond donors (Lipinski definition) is 0. The highest BCUT2D eigenvalue weighted by Crippen LogP contribution is 2.46. The van der Waals surface area contributed by atoms with Crippen LogP contribution in [0.25, 0.3) is 11.1 Å². The van der Waals surface area contributed by atoms with Crippen molar-refractivity contribution in [3.05, 3.63) is 59.7 Å². The van der Waals surface area contributed by atoms with E-state index in [-0.39, 0.29) is 0 Å². The summed E-state index contributed by atoms with van der Waals surface area (Å²) in [6, 6.07) is 19.2. The number of rotatable bonds is 13. The summed E-state index contributed by atoms with van der Waals surface area (Å²) in [4.78, 5) is 0. The molecular weight excluding hydrogens is 444 g/mol. The number of unbranched alkanes of at least 4 members (excludes halogenated alkanes) is 6. The van der Waals surface area contributed by atoms with Gasteiger partial charge in [0, 0.05) is 0 Å². The molecule has 37 heavy (non-hydrogen) atoms. The summed E-state index contributed by atoms with van der Waals surface area (Å²) in [5.74, 6) is 2.54. The van der Waals surface area contributed by atoms with E-state index in [2.05, 4.69) is 69.3 Å². The van der Waals surface area contributed by atoms with Crippen molar-refractivity contribution in [3.8, 4) is 11.1 Å². The largest absolute Gasteiger partial charge is 0.0654 e. The second-order valence-electron chi connectivity index (χ2n) is 13.2. The second-order valence-corrected chi connectivity index (χ2v) is 13.2. The first-order valence-corrected chi connectivity index (χ1v) is 16.3. The Hall–Kier alpha value is -1.56. The van der Waals surface area contributed by atoms with E-state index in [4.69, 9.17) is 0 Å². The van der Waals surface area contributed by atoms with Gasteiger partial charge in [0.25, 0.3) is 0 Å². The maximum absolute atomic E-state index is 2.55. The van der Waals surface area contributed by atoms with E-state index in [1.165, 1.54) is 127 Å². The molecule has 204 valence electrons. The van der Waals surface area contributed by atoms with Crippen molar-refractivity contribution in [2.24, 2.45) is 11.3 Å². The zero-order valence-electron chi connectivity index (χ0n) is 24.6. The average Bonchev–Trinajstić information content (AvgIpc) is 2.94. The minimum Gasteiger partial charge on any atom is -0.0654 e. The summed E-state index contributed by atoms with van der Waals surface area (Å²) in [7, 11) is 0. The van der Waals surface area contributed by atoms with Crippen LogP contribution in [0, 0.1) is 11.3 Å². The fourth-order valence-electron chi connectivity index (χ4n) is 7.42. The van der Waals surface area contributed by atoms with Crippen LogP contribution >= 0.6 is 0 Å². The molecule has 0 atom stereocenters. The molecule has 2 aromatic carbocycles. The third kappa shape index (κ3) is 8.46. The van der Waals surface area contributed by atoms with Gasteiger partial charge in [-0.3, -0.25) is 0 Å². The minimum atomic E-state index is 0.598. The summed E-state index contributed by atoms with van der Waals surface area (Å²) >= 11 is 0. The van der Waals surface area contributed by atoms with Crippen molar-refractivity contribution in [3.63, 3.8) is 0 Å². The molecule has 0 saturated heterocycles. The van der Waals surface area contributed by atoms with Crippen LogP contribution in [-0.2, 0) is 0 Å². The molecule has 2 fully saturated rings. The zero-order valence-corrected chi connectivity index (χ0v) is 24.6. The topological polar surface area (TPSA) is 0 Å². The summed E-state index contributed by atoms with van der Waals surface area (Å²) in [5, 5.41) is 0. The van der Waals surface area contributed by atoms with Gasteiger partial charge < -0.3 is 0 Å². The molecule has 2 aliphatic carbocycles. The Morgan fingerprint density at radius 3 is 1.59 bits per heavy atom. The predicted octanol–water partition coefficient (Wildman–Crippen LogP) is 12.2. The highest BCUT2D eigenvalue weighted by molar-refractivity contribution is 5.64. The van der Waals surface area contributed by atoms with E-state index in [0.717, 1.165) is 17.8 Å². The Kier molecular flexibility index (Phi) is 11.2. The van der Waals surface area contributed by atoms with E-state index < -0.39 is 0 Å². The lowest BCUT2D eigenvalue weighted by Gasteiger charge is -2.38. The highest BCUT2D eigenvalue weighted by atomic mass is 14.4. The van der Waals surface area contributed by atoms with Crippen LogP contribution in [0.2, 0.25) is 0 Å². The molecule has 0 heterocycles. The van der Waals surface area contributed by atoms with E-state index in [1.54, 1.807) is 11.1 Å². The Morgan fingerprint density at radius 2 is 1.05 bits per heavy atom. The number of hydrogen-bond acceptors (Lipinski definition) is 0. The van der Waals surface area contributed by atoms with Crippen molar-refractivity contribution in [2.75, 3.05) is 0 Å². The quantitative estimate of drug-likeness (QED) is 0.240. The molecule has 0 aliphatic heterocycles. The van der Waals surface area contributed by atoms with Crippen LogP contribution in [0.3, 0.4) is 0 Å². The maximum atomic E-state index is 2.55. The molecule has 2 aliphatic rings. The molecule has 0 unspecified atom stereocenters. The van der Waals surface area contributed by atoms with E-state index in [9.17, 15) is 0 Å². The fraction of sp³-hybridized carbons (Fsp3) is 0.676. The molecule has 0 radical (unpaired) electrons. The standard InChI is InChI=1S/C37H56/c1-4-6-8-9-10-12-30-13-15-31(16-14-30)32-17-19-33(20-18-32)34-21-23-35(24-22-34)36-25-28-37(3,29-26-36)27-11-7-5-2/h17-24,30-31,36H,4-16,25-29H2,1-3H3. The zero-order chi connectivity index (χ0) is 25.9. The normalized spacial score (nSPS) is 26.3. The third-order valence-corrected chi connectivity index (χ3v) is 10.2. The van der Waals surface area contributed by atoms with Crippen LogP contribution in [0.1, 0.15) is 159 Å². The monoisotopic (exact) mass is 500 g/mol. The van der Waals surface area contributed by atoms with Gasteiger partial charge in [-0.2, -0.15) is 0 Å². The van der Waals surface area contributed by atoms with Crippen molar-refractivity contribution in [2.45, 2.75) is 148 Å². The molecule has 0 aromatic heterocycles. The van der Waals surface area contributed by atoms with Crippen LogP contribution < -0.4 is 0 Å². The van der Waals surface area contributed by atoms with Gasteiger partial charge in [0.15, 0.2) is 0 Å². The first-order chi connectivity index (χ1) is 18.1. The second kappa shape index (κ2) is 14.6. The molecular formula is C37H56. The Bertz CT molecular complexity index is 873. The van der Waals surface area contributed by atoms with Crippen LogP contribution in [0.4, 0.5) is 0 Å². The summed E-state index contributed by atoms with van der Waals surface area (Å²) in [6.07, 6.45) is 25.5. The van der Waals surface area contributed by atoms with Crippen LogP contribution in [-0.4, -0.2) is 0 Å². The Balaban J connectivity index is 1.23. The van der Waals surface area contributed by atoms with Crippen molar-refractivity contribution >= 4 is 0 Å². The van der Waals surface area contributed by atoms with Crippen LogP contribution in [0.5, 0.6) is 0 Å². The Labute approximate surface area is 230 Å². The van der Waals surface area contributed by atoms with E-state index in [0.29, 0.717) is 5.41 Å². The molecule has 4 rings (SSSR count). The molecule has 0 heteroatoms. The van der Waals surface area contributed by atoms with Gasteiger partial charge in [0.1, 0.15) is 0 Å². The van der Waals surface area contributed by atoms with Gasteiger partial charge in [-0.1, -0.05) is 127 Å². The fourth-order valence-corrected chi connectivity index (χ4v) is 7.42. The predicted molar refractivity (Wildman–Crippen MR) is 163 cm³/mol. The van der Waals surface area contributed by atoms with Crippen LogP contribution in [0.15, 0.2) is 48.5 Å². The highest BCUT2D eigenvalue weighted by Gasteiger charge is 2.31. The summed E-state index contributed by atoms with van der Waals surface area (Å²) < 4.78 is 0. The summed E-state index contributed by atoms with van der Waals surface area (Å²) in [6.45, 7) is 7.18. The van der Waals surface area contributed by atoms with E-state index in [1.807, 2.05) is 0 Å². The van der Waals surface area contributed by atoms with E-state index >= 15 is 0 Å². The summed E-state index contributed by atoms with van der Waals surface area (Å²) in [5.41, 5.74) is 6.50. The first kappa shape index (κ1) is 28.4. The van der Waals surface area contributed by atoms with Gasteiger partial charge in [-0.15, -0.1) is 0 Å². The molecule has 0 nitrogen and oxygen atoms in total. The van der Waals surface area contributed by atoms with Gasteiger partial charge >= 0.3 is 0 Å². The lowest BCUT2D eigenvalue weighted by molar-refractivity contribution is 0.178. The molecule has 0 spiro atoms. The van der Waals surface area contributed by atoms with Gasteiger partial charge in [-0.25, -0.2) is 0 Å². The molecule has 2 aromatic rings. The minimum absolute atomic E-state index is 0.598. The third-order valence-electron chi connectivity index (χ3n) is 10.2. The van der Waals surface area contributed by atoms with Crippen molar-refractivity contribution in [1.29, 1.82) is 0 Å². The molecule has 2 saturated carbocycles. The first-order valence-electron chi connectivity index (χ1n) is 16.3. The van der Waals surface area contributed by atoms with Gasteiger partial charge in [0.2, 0.25) is 0 Å². The van der Waals surface area contributed by atoms with Crippen molar-refractivity contribution in [1.82, 2.24) is 0 Å². The SMILES string of the molecule is CCCCCCCC1CCC(c2ccc(-c3ccc(C4CCC(C)(CCCCC)CC4)cc3)cc2)CC1.